The summed E-state index contributed by atoms with van der Waals surface area (Å²) in [6, 6.07) is 0. The van der Waals surface area contributed by atoms with Crippen molar-refractivity contribution in [1.82, 2.24) is 0 Å². The van der Waals surface area contributed by atoms with Crippen molar-refractivity contribution < 1.29 is 38.0 Å². The van der Waals surface area contributed by atoms with E-state index >= 15 is 0 Å². The Kier molecular flexibility index (Phi) is 13.2. The molecule has 4 rings (SSSR count). The largest absolute Gasteiger partial charge is 0.469 e. The minimum Gasteiger partial charge on any atom is -0.469 e. The summed E-state index contributed by atoms with van der Waals surface area (Å²) >= 11 is 2.33. The van der Waals surface area contributed by atoms with E-state index in [1.165, 1.54) is 27.1 Å². The SMILES string of the molecule is CC1(CCI)OCCO1.COC(=O)C1(CCC2(C)OCCO2)CCCC1.COC(=O)C1CCCC1. The molecule has 0 aromatic rings. The number of rotatable bonds is 7. The Morgan fingerprint density at radius 1 is 0.771 bits per heavy atom. The smallest absolute Gasteiger partial charge is 0.311 e. The normalized spacial score (nSPS) is 24.1. The average molecular weight is 613 g/mol. The Bertz CT molecular complexity index is 631. The molecule has 2 aliphatic heterocycles. The molecule has 204 valence electrons. The molecule has 0 aromatic heterocycles. The van der Waals surface area contributed by atoms with E-state index in [4.69, 9.17) is 23.7 Å². The topological polar surface area (TPSA) is 89.5 Å². The Balaban J connectivity index is 0.000000203. The molecular formula is C26H45IO8. The van der Waals surface area contributed by atoms with Crippen molar-refractivity contribution in [3.05, 3.63) is 0 Å². The van der Waals surface area contributed by atoms with Crippen LogP contribution in [0.2, 0.25) is 0 Å². The number of alkyl halides is 1. The molecule has 4 fully saturated rings. The van der Waals surface area contributed by atoms with Crippen LogP contribution in [0, 0.1) is 11.3 Å². The molecule has 9 heteroatoms. The Morgan fingerprint density at radius 2 is 1.26 bits per heavy atom. The van der Waals surface area contributed by atoms with Crippen molar-refractivity contribution in [1.29, 1.82) is 0 Å². The number of ether oxygens (including phenoxy) is 6. The standard InChI is InChI=1S/C13H22O4.C7H12O2.C6H11IO2/c1-12(16-9-10-17-12)7-8-13(11(14)15-2)5-3-4-6-13;1-9-7(8)6-4-2-3-5-6;1-6(2-3-7)8-4-5-9-6/h3-10H2,1-2H3;6H,2-5H2,1H3;2-5H2,1H3. The van der Waals surface area contributed by atoms with E-state index in [9.17, 15) is 9.59 Å². The molecule has 35 heavy (non-hydrogen) atoms. The third-order valence-corrected chi connectivity index (χ3v) is 8.01. The van der Waals surface area contributed by atoms with Gasteiger partial charge in [0, 0.05) is 17.3 Å². The van der Waals surface area contributed by atoms with Gasteiger partial charge >= 0.3 is 11.9 Å². The summed E-state index contributed by atoms with van der Waals surface area (Å²) in [6.07, 6.45) is 11.1. The van der Waals surface area contributed by atoms with Gasteiger partial charge in [-0.25, -0.2) is 0 Å². The summed E-state index contributed by atoms with van der Waals surface area (Å²) in [5.41, 5.74) is -0.285. The van der Waals surface area contributed by atoms with Crippen molar-refractivity contribution in [2.24, 2.45) is 11.3 Å². The van der Waals surface area contributed by atoms with Crippen molar-refractivity contribution in [2.45, 2.75) is 96.1 Å². The first-order valence-electron chi connectivity index (χ1n) is 13.0. The number of hydrogen-bond acceptors (Lipinski definition) is 8. The lowest BCUT2D eigenvalue weighted by molar-refractivity contribution is -0.163. The first kappa shape index (κ1) is 30.7. The lowest BCUT2D eigenvalue weighted by Crippen LogP contribution is -2.34. The van der Waals surface area contributed by atoms with E-state index in [1.807, 2.05) is 13.8 Å². The van der Waals surface area contributed by atoms with Gasteiger partial charge in [0.25, 0.3) is 0 Å². The van der Waals surface area contributed by atoms with Crippen LogP contribution in [-0.4, -0.2) is 68.6 Å². The molecule has 4 aliphatic rings. The predicted molar refractivity (Wildman–Crippen MR) is 140 cm³/mol. The van der Waals surface area contributed by atoms with Crippen LogP contribution in [0.1, 0.15) is 84.5 Å². The number of halogens is 1. The Hall–Kier alpha value is -0.490. The average Bonchev–Trinajstić information content (AvgIpc) is 3.67. The number of methoxy groups -OCH3 is 2. The van der Waals surface area contributed by atoms with Crippen LogP contribution in [-0.2, 0) is 38.0 Å². The Morgan fingerprint density at radius 3 is 1.69 bits per heavy atom. The van der Waals surface area contributed by atoms with Crippen LogP contribution in [0.15, 0.2) is 0 Å². The first-order chi connectivity index (χ1) is 16.7. The summed E-state index contributed by atoms with van der Waals surface area (Å²) in [5, 5.41) is 0. The van der Waals surface area contributed by atoms with Crippen LogP contribution < -0.4 is 0 Å². The lowest BCUT2D eigenvalue weighted by Gasteiger charge is -2.30. The van der Waals surface area contributed by atoms with Crippen molar-refractivity contribution in [3.63, 3.8) is 0 Å². The summed E-state index contributed by atoms with van der Waals surface area (Å²) in [6.45, 7) is 6.78. The quantitative estimate of drug-likeness (QED) is 0.221. The van der Waals surface area contributed by atoms with Crippen molar-refractivity contribution in [3.8, 4) is 0 Å². The molecule has 2 saturated carbocycles. The fourth-order valence-corrected chi connectivity index (χ4v) is 6.17. The highest BCUT2D eigenvalue weighted by Gasteiger charge is 2.44. The van der Waals surface area contributed by atoms with Gasteiger partial charge in [0.15, 0.2) is 11.6 Å². The van der Waals surface area contributed by atoms with Gasteiger partial charge in [0.05, 0.1) is 52.0 Å². The van der Waals surface area contributed by atoms with Crippen LogP contribution in [0.5, 0.6) is 0 Å². The molecule has 2 aliphatic carbocycles. The van der Waals surface area contributed by atoms with E-state index in [0.29, 0.717) is 13.2 Å². The maximum Gasteiger partial charge on any atom is 0.311 e. The fourth-order valence-electron chi connectivity index (χ4n) is 5.19. The molecule has 2 saturated heterocycles. The van der Waals surface area contributed by atoms with Gasteiger partial charge < -0.3 is 28.4 Å². The molecule has 8 nitrogen and oxygen atoms in total. The highest BCUT2D eigenvalue weighted by atomic mass is 127. The molecule has 2 heterocycles. The zero-order valence-electron chi connectivity index (χ0n) is 22.0. The van der Waals surface area contributed by atoms with E-state index in [1.54, 1.807) is 0 Å². The molecule has 0 N–H and O–H groups in total. The highest BCUT2D eigenvalue weighted by Crippen LogP contribution is 2.45. The zero-order chi connectivity index (χ0) is 25.8. The number of esters is 2. The third kappa shape index (κ3) is 9.72. The van der Waals surface area contributed by atoms with E-state index in [0.717, 1.165) is 75.4 Å². The predicted octanol–water partition coefficient (Wildman–Crippen LogP) is 5.19. The van der Waals surface area contributed by atoms with E-state index in [-0.39, 0.29) is 29.1 Å². The summed E-state index contributed by atoms with van der Waals surface area (Å²) in [4.78, 5) is 22.7. The lowest BCUT2D eigenvalue weighted by atomic mass is 9.80. The van der Waals surface area contributed by atoms with Crippen LogP contribution in [0.4, 0.5) is 0 Å². The van der Waals surface area contributed by atoms with Gasteiger partial charge in [-0.1, -0.05) is 48.3 Å². The number of carbonyl (C=O) groups excluding carboxylic acids is 2. The van der Waals surface area contributed by atoms with E-state index in [2.05, 4.69) is 27.3 Å². The van der Waals surface area contributed by atoms with E-state index < -0.39 is 5.79 Å². The molecule has 0 spiro atoms. The van der Waals surface area contributed by atoms with Crippen molar-refractivity contribution in [2.75, 3.05) is 45.1 Å². The fraction of sp³-hybridized carbons (Fsp3) is 0.923. The molecule has 0 atom stereocenters. The van der Waals surface area contributed by atoms with Crippen molar-refractivity contribution >= 4 is 34.5 Å². The minimum absolute atomic E-state index is 0.0208. The molecule has 0 unspecified atom stereocenters. The van der Waals surface area contributed by atoms with Crippen LogP contribution >= 0.6 is 22.6 Å². The van der Waals surface area contributed by atoms with Gasteiger partial charge in [-0.05, 0) is 46.0 Å². The number of carbonyl (C=O) groups is 2. The van der Waals surface area contributed by atoms with Gasteiger partial charge in [0.2, 0.25) is 0 Å². The maximum atomic E-state index is 11.9. The molecular weight excluding hydrogens is 567 g/mol. The second-order valence-corrected chi connectivity index (χ2v) is 11.2. The molecule has 0 bridgehead atoms. The molecule has 0 aromatic carbocycles. The summed E-state index contributed by atoms with van der Waals surface area (Å²) < 4.78 is 32.5. The zero-order valence-corrected chi connectivity index (χ0v) is 24.2. The maximum absolute atomic E-state index is 11.9. The molecule has 0 radical (unpaired) electrons. The van der Waals surface area contributed by atoms with Crippen LogP contribution in [0.25, 0.3) is 0 Å². The minimum atomic E-state index is -0.496. The second-order valence-electron chi connectivity index (χ2n) is 10.1. The summed E-state index contributed by atoms with van der Waals surface area (Å²) in [5.74, 6) is -0.621. The first-order valence-corrected chi connectivity index (χ1v) is 14.5. The van der Waals surface area contributed by atoms with Gasteiger partial charge in [-0.2, -0.15) is 0 Å². The molecule has 0 amide bonds. The third-order valence-electron chi connectivity index (χ3n) is 7.47. The van der Waals surface area contributed by atoms with Crippen LogP contribution in [0.3, 0.4) is 0 Å². The monoisotopic (exact) mass is 612 g/mol. The van der Waals surface area contributed by atoms with Gasteiger partial charge in [0.1, 0.15) is 0 Å². The number of hydrogen-bond donors (Lipinski definition) is 0. The van der Waals surface area contributed by atoms with Gasteiger partial charge in [-0.15, -0.1) is 0 Å². The Labute approximate surface area is 224 Å². The second kappa shape index (κ2) is 15.1. The summed E-state index contributed by atoms with van der Waals surface area (Å²) in [7, 11) is 2.94. The van der Waals surface area contributed by atoms with Gasteiger partial charge in [-0.3, -0.25) is 9.59 Å². The highest BCUT2D eigenvalue weighted by molar-refractivity contribution is 14.1.